The fraction of sp³-hybridized carbons (Fsp3) is 0.733. The Bertz CT molecular complexity index is 533. The van der Waals surface area contributed by atoms with Gasteiger partial charge in [0.2, 0.25) is 11.8 Å². The number of hydrogen-bond acceptors (Lipinski definition) is 5. The predicted molar refractivity (Wildman–Crippen MR) is 82.8 cm³/mol. The average molecular weight is 310 g/mol. The van der Waals surface area contributed by atoms with E-state index in [0.717, 1.165) is 24.3 Å². The monoisotopic (exact) mass is 310 g/mol. The lowest BCUT2D eigenvalue weighted by atomic mass is 10.0. The maximum Gasteiger partial charge on any atom is 0.240 e. The van der Waals surface area contributed by atoms with Crippen molar-refractivity contribution in [1.29, 1.82) is 0 Å². The van der Waals surface area contributed by atoms with Crippen LogP contribution in [0.25, 0.3) is 0 Å². The Morgan fingerprint density at radius 1 is 1.41 bits per heavy atom. The molecule has 22 heavy (non-hydrogen) atoms. The van der Waals surface area contributed by atoms with Crippen molar-refractivity contribution in [2.24, 2.45) is 7.05 Å². The van der Waals surface area contributed by atoms with Gasteiger partial charge in [0, 0.05) is 20.1 Å². The molecule has 0 aromatic carbocycles. The van der Waals surface area contributed by atoms with Gasteiger partial charge >= 0.3 is 0 Å². The first-order chi connectivity index (χ1) is 10.4. The van der Waals surface area contributed by atoms with Crippen LogP contribution < -0.4 is 10.1 Å². The van der Waals surface area contributed by atoms with Gasteiger partial charge in [0.1, 0.15) is 0 Å². The van der Waals surface area contributed by atoms with Gasteiger partial charge in [0.25, 0.3) is 0 Å². The zero-order valence-corrected chi connectivity index (χ0v) is 14.1. The molecule has 1 fully saturated rings. The average Bonchev–Trinajstić information content (AvgIpc) is 2.78. The van der Waals surface area contributed by atoms with Crippen molar-refractivity contribution in [2.75, 3.05) is 33.4 Å². The molecule has 0 spiro atoms. The summed E-state index contributed by atoms with van der Waals surface area (Å²) in [5.41, 5.74) is 1.22. The van der Waals surface area contributed by atoms with Crippen LogP contribution in [-0.4, -0.2) is 59.5 Å². The Morgan fingerprint density at radius 2 is 2.05 bits per heavy atom. The maximum atomic E-state index is 12.6. The summed E-state index contributed by atoms with van der Waals surface area (Å²) in [7, 11) is 3.44. The van der Waals surface area contributed by atoms with Crippen molar-refractivity contribution in [3.05, 3.63) is 11.3 Å². The number of rotatable bonds is 5. The van der Waals surface area contributed by atoms with Gasteiger partial charge in [-0.2, -0.15) is 5.10 Å². The fourth-order valence-electron chi connectivity index (χ4n) is 2.79. The van der Waals surface area contributed by atoms with Crippen LogP contribution in [0.4, 0.5) is 0 Å². The van der Waals surface area contributed by atoms with Crippen molar-refractivity contribution in [3.63, 3.8) is 0 Å². The second kappa shape index (κ2) is 6.66. The van der Waals surface area contributed by atoms with E-state index < -0.39 is 5.54 Å². The first kappa shape index (κ1) is 16.8. The Kier molecular flexibility index (Phi) is 5.08. The van der Waals surface area contributed by atoms with Crippen molar-refractivity contribution in [3.8, 4) is 5.88 Å². The Morgan fingerprint density at radius 3 is 2.64 bits per heavy atom. The van der Waals surface area contributed by atoms with Gasteiger partial charge in [-0.05, 0) is 20.8 Å². The molecule has 0 atom stereocenters. The van der Waals surface area contributed by atoms with Crippen LogP contribution in [0.5, 0.6) is 5.88 Å². The molecule has 1 amide bonds. The second-order valence-corrected chi connectivity index (χ2v) is 6.04. The van der Waals surface area contributed by atoms with Crippen molar-refractivity contribution in [2.45, 2.75) is 32.9 Å². The lowest BCUT2D eigenvalue weighted by molar-refractivity contribution is -0.134. The Labute approximate surface area is 131 Å². The first-order valence-corrected chi connectivity index (χ1v) is 7.55. The molecular formula is C15H26N4O3. The quantitative estimate of drug-likeness (QED) is 0.856. The third kappa shape index (κ3) is 3.25. The van der Waals surface area contributed by atoms with Gasteiger partial charge in [-0.3, -0.25) is 9.69 Å². The van der Waals surface area contributed by atoms with Gasteiger partial charge in [-0.25, -0.2) is 4.68 Å². The molecule has 1 N–H and O–H groups in total. The van der Waals surface area contributed by atoms with Crippen LogP contribution in [0.1, 0.15) is 25.1 Å². The summed E-state index contributed by atoms with van der Waals surface area (Å²) >= 11 is 0. The number of nitrogens with one attached hydrogen (secondary N) is 1. The first-order valence-electron chi connectivity index (χ1n) is 7.55. The number of aromatic nitrogens is 2. The molecule has 1 saturated heterocycles. The number of morpholine rings is 1. The van der Waals surface area contributed by atoms with E-state index in [-0.39, 0.29) is 5.91 Å². The number of amides is 1. The Hall–Kier alpha value is -1.60. The van der Waals surface area contributed by atoms with Crippen LogP contribution in [0, 0.1) is 6.92 Å². The van der Waals surface area contributed by atoms with Crippen LogP contribution in [-0.2, 0) is 23.1 Å². The lowest BCUT2D eigenvalue weighted by Crippen LogP contribution is -2.57. The van der Waals surface area contributed by atoms with Gasteiger partial charge < -0.3 is 14.8 Å². The molecule has 0 saturated carbocycles. The zero-order valence-electron chi connectivity index (χ0n) is 14.1. The molecule has 1 aliphatic heterocycles. The summed E-state index contributed by atoms with van der Waals surface area (Å²) in [6, 6.07) is 0. The SMILES string of the molecule is COc1c(CNC(=O)C(C)(C)N2CCOCC2)c(C)nn1C. The van der Waals surface area contributed by atoms with Crippen LogP contribution in [0.15, 0.2) is 0 Å². The fourth-order valence-corrected chi connectivity index (χ4v) is 2.79. The summed E-state index contributed by atoms with van der Waals surface area (Å²) in [5.74, 6) is 0.682. The van der Waals surface area contributed by atoms with E-state index >= 15 is 0 Å². The zero-order chi connectivity index (χ0) is 16.3. The summed E-state index contributed by atoms with van der Waals surface area (Å²) in [6.45, 7) is 9.11. The van der Waals surface area contributed by atoms with E-state index in [0.29, 0.717) is 25.6 Å². The third-order valence-corrected chi connectivity index (χ3v) is 4.27. The minimum absolute atomic E-state index is 0.000272. The van der Waals surface area contributed by atoms with E-state index in [2.05, 4.69) is 15.3 Å². The number of nitrogens with zero attached hydrogens (tertiary/aromatic N) is 3. The number of carbonyl (C=O) groups excluding carboxylic acids is 1. The molecular weight excluding hydrogens is 284 g/mol. The van der Waals surface area contributed by atoms with Crippen LogP contribution >= 0.6 is 0 Å². The molecule has 0 aliphatic carbocycles. The second-order valence-electron chi connectivity index (χ2n) is 6.04. The maximum absolute atomic E-state index is 12.6. The minimum Gasteiger partial charge on any atom is -0.481 e. The number of hydrogen-bond donors (Lipinski definition) is 1. The van der Waals surface area contributed by atoms with E-state index in [1.807, 2.05) is 27.8 Å². The molecule has 2 heterocycles. The molecule has 7 nitrogen and oxygen atoms in total. The van der Waals surface area contributed by atoms with Gasteiger partial charge in [0.15, 0.2) is 0 Å². The molecule has 0 bridgehead atoms. The third-order valence-electron chi connectivity index (χ3n) is 4.27. The summed E-state index contributed by atoms with van der Waals surface area (Å²) < 4.78 is 12.4. The Balaban J connectivity index is 2.03. The standard InChI is InChI=1S/C15H26N4O3/c1-11-12(13(21-5)18(4)17-11)10-16-14(20)15(2,3)19-6-8-22-9-7-19/h6-10H2,1-5H3,(H,16,20). The number of methoxy groups -OCH3 is 1. The summed E-state index contributed by atoms with van der Waals surface area (Å²) in [4.78, 5) is 14.7. The summed E-state index contributed by atoms with van der Waals surface area (Å²) in [5, 5.41) is 7.34. The van der Waals surface area contributed by atoms with E-state index in [9.17, 15) is 4.79 Å². The van der Waals surface area contributed by atoms with E-state index in [4.69, 9.17) is 9.47 Å². The lowest BCUT2D eigenvalue weighted by Gasteiger charge is -2.39. The molecule has 1 aromatic rings. The van der Waals surface area contributed by atoms with Crippen LogP contribution in [0.2, 0.25) is 0 Å². The highest BCUT2D eigenvalue weighted by Gasteiger charge is 2.35. The van der Waals surface area contributed by atoms with E-state index in [1.165, 1.54) is 0 Å². The molecule has 124 valence electrons. The van der Waals surface area contributed by atoms with E-state index in [1.54, 1.807) is 11.8 Å². The molecule has 7 heteroatoms. The number of carbonyl (C=O) groups is 1. The minimum atomic E-state index is -0.562. The number of ether oxygens (including phenoxy) is 2. The van der Waals surface area contributed by atoms with Crippen molar-refractivity contribution in [1.82, 2.24) is 20.0 Å². The van der Waals surface area contributed by atoms with Crippen molar-refractivity contribution < 1.29 is 14.3 Å². The van der Waals surface area contributed by atoms with Crippen LogP contribution in [0.3, 0.4) is 0 Å². The highest BCUT2D eigenvalue weighted by atomic mass is 16.5. The highest BCUT2D eigenvalue weighted by Crippen LogP contribution is 2.21. The normalized spacial score (nSPS) is 16.6. The van der Waals surface area contributed by atoms with Crippen molar-refractivity contribution >= 4 is 5.91 Å². The largest absolute Gasteiger partial charge is 0.481 e. The molecule has 0 radical (unpaired) electrons. The summed E-state index contributed by atoms with van der Waals surface area (Å²) in [6.07, 6.45) is 0. The topological polar surface area (TPSA) is 68.6 Å². The van der Waals surface area contributed by atoms with Gasteiger partial charge in [0.05, 0.1) is 43.7 Å². The highest BCUT2D eigenvalue weighted by molar-refractivity contribution is 5.85. The van der Waals surface area contributed by atoms with Gasteiger partial charge in [-0.15, -0.1) is 0 Å². The smallest absolute Gasteiger partial charge is 0.240 e. The molecule has 1 aliphatic rings. The predicted octanol–water partition coefficient (Wildman–Crippen LogP) is 0.464. The van der Waals surface area contributed by atoms with Gasteiger partial charge in [-0.1, -0.05) is 0 Å². The number of aryl methyl sites for hydroxylation is 2. The molecule has 2 rings (SSSR count). The molecule has 1 aromatic heterocycles. The molecule has 0 unspecified atom stereocenters.